The number of ether oxygens (including phenoxy) is 5. The molecule has 3 N–H and O–H groups in total. The molecule has 0 aliphatic heterocycles. The molecule has 1 aliphatic rings. The monoisotopic (exact) mass is 711 g/mol. The summed E-state index contributed by atoms with van der Waals surface area (Å²) in [6.45, 7) is 13.0. The summed E-state index contributed by atoms with van der Waals surface area (Å²) in [5.41, 5.74) is -2.11. The normalized spacial score (nSPS) is 13.2. The van der Waals surface area contributed by atoms with E-state index in [1.807, 2.05) is 0 Å². The maximum atomic E-state index is 13.5. The summed E-state index contributed by atoms with van der Waals surface area (Å²) in [6.07, 6.45) is 1.92. The summed E-state index contributed by atoms with van der Waals surface area (Å²) in [5.74, 6) is -4.13. The summed E-state index contributed by atoms with van der Waals surface area (Å²) < 4.78 is 26.3. The van der Waals surface area contributed by atoms with E-state index in [0.717, 1.165) is 12.8 Å². The van der Waals surface area contributed by atoms with Gasteiger partial charge in [0.15, 0.2) is 5.69 Å². The molecule has 276 valence electrons. The van der Waals surface area contributed by atoms with Crippen molar-refractivity contribution in [2.45, 2.75) is 84.5 Å². The van der Waals surface area contributed by atoms with Crippen molar-refractivity contribution in [3.8, 4) is 16.9 Å². The Kier molecular flexibility index (Phi) is 13.3. The minimum atomic E-state index is -1.40. The molecule has 2 aromatic rings. The van der Waals surface area contributed by atoms with Crippen LogP contribution in [0.4, 0.5) is 4.79 Å². The average molecular weight is 712 g/mol. The number of hydrogen-bond donors (Lipinski definition) is 3. The number of aromatic nitrogens is 1. The van der Waals surface area contributed by atoms with Crippen LogP contribution in [0, 0.1) is 5.92 Å². The van der Waals surface area contributed by atoms with Gasteiger partial charge in [0.05, 0.1) is 12.7 Å². The predicted molar refractivity (Wildman–Crippen MR) is 183 cm³/mol. The molecule has 0 radical (unpaired) electrons. The van der Waals surface area contributed by atoms with Gasteiger partial charge in [-0.05, 0) is 91.0 Å². The van der Waals surface area contributed by atoms with Gasteiger partial charge in [-0.1, -0.05) is 12.7 Å². The number of rotatable bonds is 15. The SMILES string of the molecule is C=Cc1cc(C(=O)O)c(-c2ccc(C(=O)NCC3CC3)nc2C(=O)OCOC(=O)C(CCC(=O)OC(C)(C)C)NC(=O)OC(C)(C)C)cc1OC. The number of methoxy groups -OCH3 is 1. The van der Waals surface area contributed by atoms with Gasteiger partial charge in [-0.3, -0.25) is 9.59 Å². The highest BCUT2D eigenvalue weighted by Gasteiger charge is 2.29. The first-order valence-electron chi connectivity index (χ1n) is 16.2. The van der Waals surface area contributed by atoms with Crippen LogP contribution in [0.15, 0.2) is 30.8 Å². The number of esters is 3. The first kappa shape index (κ1) is 40.0. The fraction of sp³-hybridized carbons (Fsp3) is 0.472. The molecule has 1 heterocycles. The number of hydrogen-bond acceptors (Lipinski definition) is 12. The number of carboxylic acids is 1. The van der Waals surface area contributed by atoms with Gasteiger partial charge >= 0.3 is 30.0 Å². The lowest BCUT2D eigenvalue weighted by Crippen LogP contribution is -2.45. The van der Waals surface area contributed by atoms with E-state index in [9.17, 15) is 33.9 Å². The Balaban J connectivity index is 1.88. The molecule has 1 aliphatic carbocycles. The van der Waals surface area contributed by atoms with Gasteiger partial charge in [-0.2, -0.15) is 0 Å². The third kappa shape index (κ3) is 12.4. The zero-order valence-corrected chi connectivity index (χ0v) is 29.9. The zero-order valence-electron chi connectivity index (χ0n) is 29.9. The van der Waals surface area contributed by atoms with E-state index >= 15 is 0 Å². The smallest absolute Gasteiger partial charge is 0.408 e. The molecule has 1 aromatic carbocycles. The quantitative estimate of drug-likeness (QED) is 0.128. The summed E-state index contributed by atoms with van der Waals surface area (Å²) in [7, 11) is 1.38. The summed E-state index contributed by atoms with van der Waals surface area (Å²) in [5, 5.41) is 15.1. The fourth-order valence-corrected chi connectivity index (χ4v) is 4.60. The Hall–Kier alpha value is -5.47. The van der Waals surface area contributed by atoms with Crippen LogP contribution in [0.1, 0.15) is 104 Å². The number of aromatic carboxylic acids is 1. The van der Waals surface area contributed by atoms with Crippen LogP contribution in [0.5, 0.6) is 5.75 Å². The predicted octanol–water partition coefficient (Wildman–Crippen LogP) is 4.91. The molecule has 0 bridgehead atoms. The largest absolute Gasteiger partial charge is 0.496 e. The van der Waals surface area contributed by atoms with E-state index in [1.165, 1.54) is 37.5 Å². The van der Waals surface area contributed by atoms with Gasteiger partial charge < -0.3 is 39.4 Å². The van der Waals surface area contributed by atoms with Crippen molar-refractivity contribution in [2.24, 2.45) is 5.92 Å². The molecule has 0 saturated heterocycles. The van der Waals surface area contributed by atoms with E-state index < -0.39 is 65.6 Å². The van der Waals surface area contributed by atoms with Crippen LogP contribution in [0.2, 0.25) is 0 Å². The van der Waals surface area contributed by atoms with Crippen LogP contribution in [0.25, 0.3) is 17.2 Å². The number of carbonyl (C=O) groups excluding carboxylic acids is 5. The molecule has 0 spiro atoms. The lowest BCUT2D eigenvalue weighted by atomic mass is 9.95. The summed E-state index contributed by atoms with van der Waals surface area (Å²) in [4.78, 5) is 80.8. The third-order valence-electron chi connectivity index (χ3n) is 7.10. The molecule has 15 heteroatoms. The van der Waals surface area contributed by atoms with Crippen LogP contribution >= 0.6 is 0 Å². The number of nitrogens with zero attached hydrogens (tertiary/aromatic N) is 1. The molecule has 1 fully saturated rings. The second-order valence-corrected chi connectivity index (χ2v) is 13.7. The number of nitrogens with one attached hydrogen (secondary N) is 2. The highest BCUT2D eigenvalue weighted by atomic mass is 16.7. The van der Waals surface area contributed by atoms with Crippen molar-refractivity contribution in [3.05, 3.63) is 53.4 Å². The summed E-state index contributed by atoms with van der Waals surface area (Å²) in [6, 6.07) is 4.00. The molecule has 15 nitrogen and oxygen atoms in total. The molecule has 3 rings (SSSR count). The summed E-state index contributed by atoms with van der Waals surface area (Å²) >= 11 is 0. The number of carboxylic acid groups (broad SMARTS) is 1. The topological polar surface area (TPSA) is 206 Å². The molecule has 1 atom stereocenters. The van der Waals surface area contributed by atoms with Crippen LogP contribution in [0.3, 0.4) is 0 Å². The van der Waals surface area contributed by atoms with Gasteiger partial charge in [0, 0.05) is 29.7 Å². The average Bonchev–Trinajstić information content (AvgIpc) is 3.87. The number of pyridine rings is 1. The zero-order chi connectivity index (χ0) is 38.1. The van der Waals surface area contributed by atoms with Crippen LogP contribution in [-0.4, -0.2) is 83.7 Å². The second kappa shape index (κ2) is 17.0. The Morgan fingerprint density at radius 3 is 2.22 bits per heavy atom. The molecule has 2 amide bonds. The first-order valence-corrected chi connectivity index (χ1v) is 16.2. The third-order valence-corrected chi connectivity index (χ3v) is 7.10. The van der Waals surface area contributed by atoms with Crippen molar-refractivity contribution in [3.63, 3.8) is 0 Å². The lowest BCUT2D eigenvalue weighted by molar-refractivity contribution is -0.157. The van der Waals surface area contributed by atoms with E-state index in [2.05, 4.69) is 22.2 Å². The number of amides is 2. The molecular formula is C36H45N3O12. The molecular weight excluding hydrogens is 666 g/mol. The van der Waals surface area contributed by atoms with Crippen molar-refractivity contribution < 1.29 is 57.6 Å². The Morgan fingerprint density at radius 2 is 1.65 bits per heavy atom. The number of benzene rings is 1. The van der Waals surface area contributed by atoms with E-state index in [4.69, 9.17) is 23.7 Å². The van der Waals surface area contributed by atoms with Crippen LogP contribution < -0.4 is 15.4 Å². The minimum Gasteiger partial charge on any atom is -0.496 e. The Bertz CT molecular complexity index is 1670. The minimum absolute atomic E-state index is 0.0155. The number of alkyl carbamates (subject to hydrolysis) is 1. The van der Waals surface area contributed by atoms with Gasteiger partial charge in [0.25, 0.3) is 5.91 Å². The van der Waals surface area contributed by atoms with Crippen molar-refractivity contribution in [1.82, 2.24) is 15.6 Å². The van der Waals surface area contributed by atoms with Crippen LogP contribution in [-0.2, 0) is 28.5 Å². The highest BCUT2D eigenvalue weighted by Crippen LogP contribution is 2.34. The lowest BCUT2D eigenvalue weighted by Gasteiger charge is -2.23. The Labute approximate surface area is 296 Å². The van der Waals surface area contributed by atoms with E-state index in [-0.39, 0.29) is 41.0 Å². The first-order chi connectivity index (χ1) is 23.8. The van der Waals surface area contributed by atoms with Gasteiger partial charge in [0.1, 0.15) is 28.7 Å². The van der Waals surface area contributed by atoms with Gasteiger partial charge in [-0.25, -0.2) is 24.2 Å². The standard InChI is InChI=1S/C36H45N3O12/c1-9-21-16-24(31(42)43)23(17-27(21)47-8)22-12-13-25(30(41)37-18-20-10-11-20)38-29(22)33(45)49-19-48-32(44)26(39-34(46)51-36(5,6)7)14-15-28(40)50-35(2,3)4/h9,12-13,16-17,20,26H,1,10-11,14-15,18-19H2,2-8H3,(H,37,41)(H,39,46)(H,42,43). The van der Waals surface area contributed by atoms with Crippen molar-refractivity contribution >= 4 is 42.0 Å². The molecule has 51 heavy (non-hydrogen) atoms. The van der Waals surface area contributed by atoms with Crippen molar-refractivity contribution in [2.75, 3.05) is 20.4 Å². The van der Waals surface area contributed by atoms with E-state index in [0.29, 0.717) is 18.0 Å². The molecule has 1 unspecified atom stereocenters. The van der Waals surface area contributed by atoms with E-state index in [1.54, 1.807) is 41.5 Å². The molecule has 1 aromatic heterocycles. The van der Waals surface area contributed by atoms with Gasteiger partial charge in [0.2, 0.25) is 6.79 Å². The maximum absolute atomic E-state index is 13.5. The Morgan fingerprint density at radius 1 is 0.980 bits per heavy atom. The highest BCUT2D eigenvalue weighted by molar-refractivity contribution is 6.04. The number of carbonyl (C=O) groups is 6. The fourth-order valence-electron chi connectivity index (χ4n) is 4.60. The van der Waals surface area contributed by atoms with Crippen molar-refractivity contribution in [1.29, 1.82) is 0 Å². The van der Waals surface area contributed by atoms with Gasteiger partial charge in [-0.15, -0.1) is 0 Å². The molecule has 1 saturated carbocycles. The maximum Gasteiger partial charge on any atom is 0.408 e. The second-order valence-electron chi connectivity index (χ2n) is 13.7.